The summed E-state index contributed by atoms with van der Waals surface area (Å²) in [5, 5.41) is 3.85. The van der Waals surface area contributed by atoms with Crippen molar-refractivity contribution in [3.05, 3.63) is 65.2 Å². The lowest BCUT2D eigenvalue weighted by molar-refractivity contribution is 0.0909. The van der Waals surface area contributed by atoms with E-state index in [-0.39, 0.29) is 0 Å². The molecule has 3 heteroatoms. The van der Waals surface area contributed by atoms with Crippen LogP contribution in [0.25, 0.3) is 0 Å². The molecule has 1 fully saturated rings. The molecule has 2 aliphatic heterocycles. The molecule has 0 unspecified atom stereocenters. The van der Waals surface area contributed by atoms with Gasteiger partial charge in [0.25, 0.3) is 0 Å². The van der Waals surface area contributed by atoms with E-state index in [4.69, 9.17) is 4.74 Å². The molecular formula is C21H26N2O. The molecule has 2 heterocycles. The monoisotopic (exact) mass is 322 g/mol. The van der Waals surface area contributed by atoms with Crippen LogP contribution in [0.2, 0.25) is 0 Å². The lowest BCUT2D eigenvalue weighted by Crippen LogP contribution is -2.50. The third-order valence-electron chi connectivity index (χ3n) is 5.48. The van der Waals surface area contributed by atoms with Gasteiger partial charge in [-0.15, -0.1) is 0 Å². The van der Waals surface area contributed by atoms with Crippen molar-refractivity contribution in [3.8, 4) is 5.75 Å². The SMILES string of the molecule is COc1ccc2c(c1)[C@H](NCc1ccccc1)[C@@H]1CCCCN1C2. The van der Waals surface area contributed by atoms with E-state index < -0.39 is 0 Å². The highest BCUT2D eigenvalue weighted by molar-refractivity contribution is 5.40. The van der Waals surface area contributed by atoms with Crippen molar-refractivity contribution in [1.29, 1.82) is 0 Å². The second kappa shape index (κ2) is 6.96. The van der Waals surface area contributed by atoms with E-state index >= 15 is 0 Å². The van der Waals surface area contributed by atoms with Gasteiger partial charge in [-0.25, -0.2) is 0 Å². The van der Waals surface area contributed by atoms with Crippen LogP contribution in [-0.2, 0) is 13.1 Å². The fraction of sp³-hybridized carbons (Fsp3) is 0.429. The lowest BCUT2D eigenvalue weighted by atomic mass is 9.84. The summed E-state index contributed by atoms with van der Waals surface area (Å²) in [5.41, 5.74) is 4.21. The molecule has 0 amide bonds. The van der Waals surface area contributed by atoms with Gasteiger partial charge in [-0.1, -0.05) is 42.8 Å². The molecule has 2 aliphatic rings. The number of nitrogens with one attached hydrogen (secondary N) is 1. The summed E-state index contributed by atoms with van der Waals surface area (Å²) in [6, 6.07) is 18.3. The van der Waals surface area contributed by atoms with Gasteiger partial charge in [-0.3, -0.25) is 4.90 Å². The smallest absolute Gasteiger partial charge is 0.119 e. The summed E-state index contributed by atoms with van der Waals surface area (Å²) in [7, 11) is 1.75. The maximum absolute atomic E-state index is 5.49. The van der Waals surface area contributed by atoms with Gasteiger partial charge in [-0.2, -0.15) is 0 Å². The van der Waals surface area contributed by atoms with Crippen LogP contribution in [0.5, 0.6) is 5.75 Å². The maximum Gasteiger partial charge on any atom is 0.119 e. The fourth-order valence-corrected chi connectivity index (χ4v) is 4.22. The number of piperidine rings is 1. The third kappa shape index (κ3) is 3.06. The Morgan fingerprint density at radius 2 is 2.00 bits per heavy atom. The summed E-state index contributed by atoms with van der Waals surface area (Å²) in [5.74, 6) is 0.963. The van der Waals surface area contributed by atoms with Crippen LogP contribution in [-0.4, -0.2) is 24.6 Å². The predicted octanol–water partition coefficient (Wildman–Crippen LogP) is 3.89. The predicted molar refractivity (Wildman–Crippen MR) is 97.1 cm³/mol. The molecule has 3 nitrogen and oxygen atoms in total. The fourth-order valence-electron chi connectivity index (χ4n) is 4.22. The molecule has 0 saturated carbocycles. The molecule has 2 aromatic rings. The minimum atomic E-state index is 0.379. The second-order valence-electron chi connectivity index (χ2n) is 6.94. The maximum atomic E-state index is 5.49. The van der Waals surface area contributed by atoms with E-state index in [1.54, 1.807) is 7.11 Å². The first kappa shape index (κ1) is 15.7. The molecule has 1 N–H and O–H groups in total. The van der Waals surface area contributed by atoms with E-state index in [0.717, 1.165) is 18.8 Å². The van der Waals surface area contributed by atoms with Crippen LogP contribution in [0.4, 0.5) is 0 Å². The topological polar surface area (TPSA) is 24.5 Å². The van der Waals surface area contributed by atoms with E-state index in [0.29, 0.717) is 12.1 Å². The molecular weight excluding hydrogens is 296 g/mol. The molecule has 0 spiro atoms. The van der Waals surface area contributed by atoms with Crippen molar-refractivity contribution in [2.24, 2.45) is 0 Å². The summed E-state index contributed by atoms with van der Waals surface area (Å²) in [4.78, 5) is 2.67. The average molecular weight is 322 g/mol. The van der Waals surface area contributed by atoms with Crippen molar-refractivity contribution in [1.82, 2.24) is 10.2 Å². The minimum Gasteiger partial charge on any atom is -0.497 e. The van der Waals surface area contributed by atoms with Crippen molar-refractivity contribution >= 4 is 0 Å². The van der Waals surface area contributed by atoms with Gasteiger partial charge in [0, 0.05) is 25.2 Å². The first-order valence-corrected chi connectivity index (χ1v) is 9.03. The van der Waals surface area contributed by atoms with Gasteiger partial charge in [-0.05, 0) is 48.2 Å². The summed E-state index contributed by atoms with van der Waals surface area (Å²) >= 11 is 0. The number of ether oxygens (including phenoxy) is 1. The zero-order valence-corrected chi connectivity index (χ0v) is 14.4. The highest BCUT2D eigenvalue weighted by Gasteiger charge is 2.36. The largest absolute Gasteiger partial charge is 0.497 e. The number of rotatable bonds is 4. The van der Waals surface area contributed by atoms with Crippen LogP contribution < -0.4 is 10.1 Å². The van der Waals surface area contributed by atoms with Gasteiger partial charge in [0.05, 0.1) is 7.11 Å². The molecule has 126 valence electrons. The number of hydrogen-bond donors (Lipinski definition) is 1. The standard InChI is InChI=1S/C21H26N2O/c1-24-18-11-10-17-15-23-12-6-5-9-20(23)21(19(17)13-18)22-14-16-7-3-2-4-8-16/h2-4,7-8,10-11,13,20-22H,5-6,9,12,14-15H2,1H3/t20-,21-/m0/s1. The van der Waals surface area contributed by atoms with Crippen molar-refractivity contribution in [2.75, 3.05) is 13.7 Å². The highest BCUT2D eigenvalue weighted by atomic mass is 16.5. The van der Waals surface area contributed by atoms with E-state index in [1.165, 1.54) is 42.5 Å². The first-order valence-electron chi connectivity index (χ1n) is 9.03. The van der Waals surface area contributed by atoms with Crippen LogP contribution in [0, 0.1) is 0 Å². The van der Waals surface area contributed by atoms with Gasteiger partial charge in [0.15, 0.2) is 0 Å². The zero-order chi connectivity index (χ0) is 16.4. The molecule has 0 bridgehead atoms. The van der Waals surface area contributed by atoms with Crippen LogP contribution >= 0.6 is 0 Å². The number of methoxy groups -OCH3 is 1. The van der Waals surface area contributed by atoms with Crippen molar-refractivity contribution in [2.45, 2.75) is 44.4 Å². The van der Waals surface area contributed by atoms with Gasteiger partial charge >= 0.3 is 0 Å². The van der Waals surface area contributed by atoms with Crippen LogP contribution in [0.3, 0.4) is 0 Å². The van der Waals surface area contributed by atoms with Crippen molar-refractivity contribution in [3.63, 3.8) is 0 Å². The minimum absolute atomic E-state index is 0.379. The highest BCUT2D eigenvalue weighted by Crippen LogP contribution is 2.38. The average Bonchev–Trinajstić information content (AvgIpc) is 2.65. The Hall–Kier alpha value is -1.84. The Balaban J connectivity index is 1.63. The molecule has 1 saturated heterocycles. The van der Waals surface area contributed by atoms with E-state index in [9.17, 15) is 0 Å². The molecule has 0 aliphatic carbocycles. The van der Waals surface area contributed by atoms with Crippen LogP contribution in [0.15, 0.2) is 48.5 Å². The summed E-state index contributed by atoms with van der Waals surface area (Å²) in [6.45, 7) is 3.21. The molecule has 0 aromatic heterocycles. The third-order valence-corrected chi connectivity index (χ3v) is 5.48. The Bertz CT molecular complexity index is 685. The Labute approximate surface area is 144 Å². The Morgan fingerprint density at radius 3 is 2.83 bits per heavy atom. The van der Waals surface area contributed by atoms with Gasteiger partial charge in [0.2, 0.25) is 0 Å². The normalized spacial score (nSPS) is 23.4. The second-order valence-corrected chi connectivity index (χ2v) is 6.94. The number of hydrogen-bond acceptors (Lipinski definition) is 3. The number of nitrogens with zero attached hydrogens (tertiary/aromatic N) is 1. The van der Waals surface area contributed by atoms with Crippen LogP contribution in [0.1, 0.15) is 42.0 Å². The zero-order valence-electron chi connectivity index (χ0n) is 14.4. The Kier molecular flexibility index (Phi) is 4.54. The first-order chi connectivity index (χ1) is 11.8. The Morgan fingerprint density at radius 1 is 1.12 bits per heavy atom. The summed E-state index contributed by atoms with van der Waals surface area (Å²) < 4.78 is 5.49. The number of benzene rings is 2. The summed E-state index contributed by atoms with van der Waals surface area (Å²) in [6.07, 6.45) is 3.94. The van der Waals surface area contributed by atoms with Gasteiger partial charge < -0.3 is 10.1 Å². The molecule has 0 radical (unpaired) electrons. The molecule has 24 heavy (non-hydrogen) atoms. The van der Waals surface area contributed by atoms with E-state index in [1.807, 2.05) is 0 Å². The molecule has 2 atom stereocenters. The lowest BCUT2D eigenvalue weighted by Gasteiger charge is -2.45. The number of fused-ring (bicyclic) bond motifs is 2. The quantitative estimate of drug-likeness (QED) is 0.924. The van der Waals surface area contributed by atoms with Crippen molar-refractivity contribution < 1.29 is 4.74 Å². The van der Waals surface area contributed by atoms with Gasteiger partial charge in [0.1, 0.15) is 5.75 Å². The molecule has 2 aromatic carbocycles. The van der Waals surface area contributed by atoms with E-state index in [2.05, 4.69) is 58.7 Å². The molecule has 4 rings (SSSR count).